The summed E-state index contributed by atoms with van der Waals surface area (Å²) < 4.78 is 130. The standard InChI is InChI=1S/C55H74F6O11/c1-5-6-7-8-9-10-11-12-13-20-31-45(71-50(64)52(66-3,54(56,57)58)40-24-16-14-17-25-40)47-33-34-48(70-47)46(72-51(65)53(67-4,55(59,60)61)41-26-18-15-19-27-41)32-22-21-28-42(62)37-44-30-23-29-43(69-44)36-39-35-38(2)68-49(39)63/h14-19,24-27,35,38,43-48H,5-13,20-23,28-34,36-37H2,1-4H3/t38-,43-,44+,45+,46+,47+,48+,52-,53-/m0/s1. The van der Waals surface area contributed by atoms with Crippen LogP contribution in [0.25, 0.3) is 0 Å². The number of Topliss-reactive ketones (excluding diaryl/α,β-unsaturated/α-hetero) is 1. The fourth-order valence-electron chi connectivity index (χ4n) is 10.3. The predicted molar refractivity (Wildman–Crippen MR) is 255 cm³/mol. The maximum Gasteiger partial charge on any atom is 0.432 e. The molecule has 3 aliphatic rings. The first-order valence-electron chi connectivity index (χ1n) is 25.9. The molecule has 0 unspecified atom stereocenters. The Hall–Kier alpha value is -4.32. The van der Waals surface area contributed by atoms with Gasteiger partial charge in [-0.05, 0) is 77.2 Å². The molecule has 2 aromatic rings. The zero-order chi connectivity index (χ0) is 52.4. The molecule has 0 N–H and O–H groups in total. The summed E-state index contributed by atoms with van der Waals surface area (Å²) in [5, 5.41) is 0. The van der Waals surface area contributed by atoms with Crippen molar-refractivity contribution in [3.8, 4) is 0 Å². The number of ketones is 1. The molecular weight excluding hydrogens is 951 g/mol. The number of hydrogen-bond acceptors (Lipinski definition) is 11. The van der Waals surface area contributed by atoms with Crippen LogP contribution in [0.4, 0.5) is 26.3 Å². The molecule has 0 spiro atoms. The van der Waals surface area contributed by atoms with Gasteiger partial charge in [-0.1, -0.05) is 125 Å². The summed E-state index contributed by atoms with van der Waals surface area (Å²) in [4.78, 5) is 53.6. The molecule has 72 heavy (non-hydrogen) atoms. The molecule has 2 saturated heterocycles. The van der Waals surface area contributed by atoms with Crippen molar-refractivity contribution >= 4 is 23.7 Å². The molecule has 0 saturated carbocycles. The number of cyclic esters (lactones) is 1. The van der Waals surface area contributed by atoms with Crippen LogP contribution in [0.2, 0.25) is 0 Å². The van der Waals surface area contributed by atoms with Crippen LogP contribution in [0.3, 0.4) is 0 Å². The highest BCUT2D eigenvalue weighted by atomic mass is 19.4. The second-order valence-electron chi connectivity index (χ2n) is 19.5. The molecule has 2 aromatic carbocycles. The zero-order valence-corrected chi connectivity index (χ0v) is 42.2. The molecule has 3 aliphatic heterocycles. The highest BCUT2D eigenvalue weighted by molar-refractivity contribution is 5.91. The second kappa shape index (κ2) is 27.8. The Kier molecular flexibility index (Phi) is 22.6. The van der Waals surface area contributed by atoms with E-state index in [4.69, 9.17) is 33.2 Å². The molecular formula is C55H74F6O11. The summed E-state index contributed by atoms with van der Waals surface area (Å²) in [6.45, 7) is 3.93. The number of carbonyl (C=O) groups excluding carboxylic acids is 4. The van der Waals surface area contributed by atoms with Gasteiger partial charge < -0.3 is 33.2 Å². The normalized spacial score (nSPS) is 23.1. The van der Waals surface area contributed by atoms with Crippen LogP contribution in [0.15, 0.2) is 72.3 Å². The highest BCUT2D eigenvalue weighted by Gasteiger charge is 2.66. The zero-order valence-electron chi connectivity index (χ0n) is 42.2. The number of ether oxygens (including phenoxy) is 7. The number of hydrogen-bond donors (Lipinski definition) is 0. The van der Waals surface area contributed by atoms with Crippen molar-refractivity contribution in [3.05, 3.63) is 83.4 Å². The smallest absolute Gasteiger partial charge is 0.432 e. The monoisotopic (exact) mass is 1020 g/mol. The number of unbranched alkanes of at least 4 members (excludes halogenated alkanes) is 10. The van der Waals surface area contributed by atoms with Gasteiger partial charge in [0.15, 0.2) is 0 Å². The third kappa shape index (κ3) is 15.4. The maximum absolute atomic E-state index is 15.1. The first-order valence-corrected chi connectivity index (χ1v) is 25.9. The lowest BCUT2D eigenvalue weighted by molar-refractivity contribution is -0.280. The number of esters is 3. The quantitative estimate of drug-likeness (QED) is 0.0320. The first-order chi connectivity index (χ1) is 34.4. The van der Waals surface area contributed by atoms with Gasteiger partial charge in [0.2, 0.25) is 0 Å². The van der Waals surface area contributed by atoms with E-state index in [0.29, 0.717) is 31.3 Å². The summed E-state index contributed by atoms with van der Waals surface area (Å²) in [6.07, 6.45) is -1.01. The molecule has 0 aromatic heterocycles. The van der Waals surface area contributed by atoms with Gasteiger partial charge in [-0.25, -0.2) is 14.4 Å². The molecule has 402 valence electrons. The van der Waals surface area contributed by atoms with Gasteiger partial charge in [0.05, 0.1) is 24.4 Å². The average Bonchev–Trinajstić information content (AvgIpc) is 3.96. The summed E-state index contributed by atoms with van der Waals surface area (Å²) in [5.74, 6) is -3.91. The van der Waals surface area contributed by atoms with Crippen LogP contribution in [-0.2, 0) is 63.5 Å². The van der Waals surface area contributed by atoms with Gasteiger partial charge in [0.1, 0.15) is 24.1 Å². The van der Waals surface area contributed by atoms with Gasteiger partial charge in [-0.15, -0.1) is 0 Å². The highest BCUT2D eigenvalue weighted by Crippen LogP contribution is 2.46. The van der Waals surface area contributed by atoms with Crippen molar-refractivity contribution in [2.45, 2.75) is 221 Å². The minimum atomic E-state index is -5.29. The van der Waals surface area contributed by atoms with Crippen molar-refractivity contribution in [1.82, 2.24) is 0 Å². The SMILES string of the molecule is CCCCCCCCCCCC[C@@H](OC(=O)[C@@](OC)(c1ccccc1)C(F)(F)F)[C@H]1CC[C@H]([C@@H](CCCCC(=O)C[C@H]2CCC[C@@H](CC3=C[C@H](C)OC3=O)O2)OC(=O)[C@@](OC)(c2ccccc2)C(F)(F)F)O1. The van der Waals surface area contributed by atoms with E-state index < -0.39 is 71.0 Å². The second-order valence-corrected chi connectivity index (χ2v) is 19.5. The van der Waals surface area contributed by atoms with E-state index in [1.807, 2.05) is 0 Å². The summed E-state index contributed by atoms with van der Waals surface area (Å²) in [6, 6.07) is 12.8. The molecule has 0 radical (unpaired) electrons. The lowest BCUT2D eigenvalue weighted by atomic mass is 9.92. The van der Waals surface area contributed by atoms with Gasteiger partial charge in [0.25, 0.3) is 11.2 Å². The van der Waals surface area contributed by atoms with E-state index >= 15 is 26.3 Å². The van der Waals surface area contributed by atoms with Crippen LogP contribution >= 0.6 is 0 Å². The Bertz CT molecular complexity index is 2030. The van der Waals surface area contributed by atoms with E-state index in [1.165, 1.54) is 49.2 Å². The van der Waals surface area contributed by atoms with Gasteiger partial charge in [0, 0.05) is 50.2 Å². The Morgan fingerprint density at radius 2 is 1.08 bits per heavy atom. The summed E-state index contributed by atoms with van der Waals surface area (Å²) in [5.41, 5.74) is -7.47. The van der Waals surface area contributed by atoms with E-state index in [9.17, 15) is 19.2 Å². The number of alkyl halides is 6. The van der Waals surface area contributed by atoms with Gasteiger partial charge in [-0.3, -0.25) is 4.79 Å². The Balaban J connectivity index is 1.32. The average molecular weight is 1030 g/mol. The van der Waals surface area contributed by atoms with Gasteiger partial charge in [-0.2, -0.15) is 26.3 Å². The molecule has 0 amide bonds. The summed E-state index contributed by atoms with van der Waals surface area (Å²) >= 11 is 0. The van der Waals surface area contributed by atoms with E-state index in [0.717, 1.165) is 89.9 Å². The number of halogens is 6. The third-order valence-corrected chi connectivity index (χ3v) is 14.1. The van der Waals surface area contributed by atoms with Crippen LogP contribution in [0.1, 0.15) is 166 Å². The number of carbonyl (C=O) groups is 4. The number of rotatable bonds is 30. The molecule has 9 atom stereocenters. The predicted octanol–water partition coefficient (Wildman–Crippen LogP) is 12.6. The van der Waals surface area contributed by atoms with E-state index in [2.05, 4.69) is 6.92 Å². The molecule has 0 aliphatic carbocycles. The van der Waals surface area contributed by atoms with Crippen molar-refractivity contribution in [2.75, 3.05) is 14.2 Å². The third-order valence-electron chi connectivity index (χ3n) is 14.1. The molecule has 17 heteroatoms. The fraction of sp³-hybridized carbons (Fsp3) is 0.673. The minimum absolute atomic E-state index is 0.0494. The van der Waals surface area contributed by atoms with Crippen LogP contribution < -0.4 is 0 Å². The molecule has 5 rings (SSSR count). The molecule has 3 heterocycles. The van der Waals surface area contributed by atoms with Crippen LogP contribution in [0, 0.1) is 0 Å². The summed E-state index contributed by atoms with van der Waals surface area (Å²) in [7, 11) is 1.53. The Morgan fingerprint density at radius 3 is 1.53 bits per heavy atom. The lowest BCUT2D eigenvalue weighted by Gasteiger charge is -2.36. The molecule has 2 fully saturated rings. The van der Waals surface area contributed by atoms with Crippen LogP contribution in [0.5, 0.6) is 0 Å². The largest absolute Gasteiger partial charge is 0.457 e. The van der Waals surface area contributed by atoms with Crippen molar-refractivity contribution in [1.29, 1.82) is 0 Å². The van der Waals surface area contributed by atoms with Crippen LogP contribution in [-0.4, -0.2) is 93.0 Å². The number of benzene rings is 2. The van der Waals surface area contributed by atoms with Crippen molar-refractivity contribution in [2.24, 2.45) is 0 Å². The van der Waals surface area contributed by atoms with Gasteiger partial charge >= 0.3 is 30.3 Å². The van der Waals surface area contributed by atoms with Crippen molar-refractivity contribution in [3.63, 3.8) is 0 Å². The topological polar surface area (TPSA) is 133 Å². The van der Waals surface area contributed by atoms with Crippen molar-refractivity contribution < 1.29 is 78.7 Å². The Morgan fingerprint density at radius 1 is 0.625 bits per heavy atom. The van der Waals surface area contributed by atoms with E-state index in [-0.39, 0.29) is 81.4 Å². The fourth-order valence-corrected chi connectivity index (χ4v) is 10.3. The minimum Gasteiger partial charge on any atom is -0.457 e. The molecule has 0 bridgehead atoms. The Labute approximate surface area is 420 Å². The number of methoxy groups -OCH3 is 2. The maximum atomic E-state index is 15.1. The molecule has 11 nitrogen and oxygen atoms in total. The lowest BCUT2D eigenvalue weighted by Crippen LogP contribution is -2.53. The van der Waals surface area contributed by atoms with E-state index in [1.54, 1.807) is 13.0 Å². The first kappa shape index (κ1) is 58.6.